The van der Waals surface area contributed by atoms with Gasteiger partial charge in [0.05, 0.1) is 16.5 Å². The van der Waals surface area contributed by atoms with Crippen molar-refractivity contribution in [2.24, 2.45) is 0 Å². The summed E-state index contributed by atoms with van der Waals surface area (Å²) >= 11 is 0. The van der Waals surface area contributed by atoms with Crippen molar-refractivity contribution in [3.05, 3.63) is 222 Å². The normalized spacial score (nSPS) is 13.0. The van der Waals surface area contributed by atoms with E-state index in [2.05, 4.69) is 78.9 Å². The first-order valence-corrected chi connectivity index (χ1v) is 21.0. The Morgan fingerprint density at radius 2 is 0.857 bits per heavy atom. The van der Waals surface area contributed by atoms with E-state index in [1.54, 1.807) is 0 Å². The third-order valence-corrected chi connectivity index (χ3v) is 12.4. The topological polar surface area (TPSA) is 86.8 Å². The van der Waals surface area contributed by atoms with Crippen molar-refractivity contribution in [3.8, 4) is 79.4 Å². The Labute approximate surface area is 362 Å². The second kappa shape index (κ2) is 13.7. The van der Waals surface area contributed by atoms with Gasteiger partial charge in [-0.25, -0.2) is 19.9 Å². The van der Waals surface area contributed by atoms with Gasteiger partial charge in [0.15, 0.2) is 23.3 Å². The van der Waals surface area contributed by atoms with E-state index >= 15 is 0 Å². The molecule has 4 heterocycles. The monoisotopic (exact) mass is 807 g/mol. The molecule has 8 aromatic carbocycles. The zero-order chi connectivity index (χ0) is 41.5. The number of hydrogen-bond acceptors (Lipinski definition) is 7. The molecule has 0 fully saturated rings. The van der Waals surface area contributed by atoms with Crippen LogP contribution < -0.4 is 4.74 Å². The minimum Gasteiger partial charge on any atom is -0.457 e. The molecule has 0 radical (unpaired) electrons. The van der Waals surface area contributed by atoms with Crippen LogP contribution in [0.2, 0.25) is 0 Å². The third-order valence-electron chi connectivity index (χ3n) is 12.4. The first-order valence-electron chi connectivity index (χ1n) is 21.0. The van der Waals surface area contributed by atoms with Gasteiger partial charge in [0, 0.05) is 44.3 Å². The minimum atomic E-state index is -0.857. The van der Waals surface area contributed by atoms with Crippen LogP contribution in [0, 0.1) is 0 Å². The van der Waals surface area contributed by atoms with Crippen molar-refractivity contribution in [1.29, 1.82) is 0 Å². The van der Waals surface area contributed by atoms with Gasteiger partial charge in [0.2, 0.25) is 5.71 Å². The fraction of sp³-hybridized carbons (Fsp3) is 0.0179. The average molecular weight is 808 g/mol. The van der Waals surface area contributed by atoms with Crippen LogP contribution in [0.15, 0.2) is 205 Å². The number of para-hydroxylation sites is 3. The molecule has 13 rings (SSSR count). The first-order chi connectivity index (χ1) is 31.2. The van der Waals surface area contributed by atoms with Crippen molar-refractivity contribution in [2.75, 3.05) is 0 Å². The zero-order valence-corrected chi connectivity index (χ0v) is 33.6. The summed E-state index contributed by atoms with van der Waals surface area (Å²) in [6.45, 7) is 0. The SMILES string of the molecule is c1ccc(-c2nc(-c3ccccc3)nc(-c3cccc4c3-c3cccc(-c5nc(-c6ccccc6)nc6oc7ccccc7c56)c3C43c4ccccc4Oc4ccccc43)n2)cc1. The van der Waals surface area contributed by atoms with Crippen LogP contribution in [0.4, 0.5) is 0 Å². The molecule has 1 aliphatic carbocycles. The molecule has 0 amide bonds. The fourth-order valence-electron chi connectivity index (χ4n) is 9.86. The number of nitrogens with zero attached hydrogens (tertiary/aromatic N) is 5. The quantitative estimate of drug-likeness (QED) is 0.171. The number of benzene rings is 8. The summed E-state index contributed by atoms with van der Waals surface area (Å²) in [7, 11) is 0. The van der Waals surface area contributed by atoms with Crippen molar-refractivity contribution in [3.63, 3.8) is 0 Å². The summed E-state index contributed by atoms with van der Waals surface area (Å²) in [4.78, 5) is 26.2. The van der Waals surface area contributed by atoms with Gasteiger partial charge in [-0.1, -0.05) is 182 Å². The second-order valence-electron chi connectivity index (χ2n) is 15.9. The van der Waals surface area contributed by atoms with Gasteiger partial charge < -0.3 is 9.15 Å². The molecule has 63 heavy (non-hydrogen) atoms. The highest BCUT2D eigenvalue weighted by molar-refractivity contribution is 6.12. The minimum absolute atomic E-state index is 0.530. The molecule has 0 N–H and O–H groups in total. The molecule has 0 saturated heterocycles. The lowest BCUT2D eigenvalue weighted by molar-refractivity contribution is 0.436. The Morgan fingerprint density at radius 3 is 1.51 bits per heavy atom. The molecule has 7 nitrogen and oxygen atoms in total. The van der Waals surface area contributed by atoms with Crippen LogP contribution in [0.1, 0.15) is 22.3 Å². The van der Waals surface area contributed by atoms with E-state index in [1.807, 2.05) is 121 Å². The van der Waals surface area contributed by atoms with Gasteiger partial charge in [0.25, 0.3) is 0 Å². The highest BCUT2D eigenvalue weighted by Crippen LogP contribution is 2.65. The Bertz CT molecular complexity index is 3500. The molecule has 2 aliphatic rings. The molecular weight excluding hydrogens is 775 g/mol. The fourth-order valence-corrected chi connectivity index (χ4v) is 9.86. The number of fused-ring (bicyclic) bond motifs is 12. The number of ether oxygens (including phenoxy) is 1. The van der Waals surface area contributed by atoms with Crippen LogP contribution in [-0.4, -0.2) is 24.9 Å². The maximum absolute atomic E-state index is 6.80. The highest BCUT2D eigenvalue weighted by Gasteiger charge is 2.53. The summed E-state index contributed by atoms with van der Waals surface area (Å²) in [5.74, 6) is 3.95. The van der Waals surface area contributed by atoms with Crippen LogP contribution in [0.3, 0.4) is 0 Å². The lowest BCUT2D eigenvalue weighted by atomic mass is 9.64. The Balaban J connectivity index is 1.18. The van der Waals surface area contributed by atoms with Gasteiger partial charge in [-0.15, -0.1) is 0 Å². The maximum atomic E-state index is 6.80. The second-order valence-corrected chi connectivity index (χ2v) is 15.9. The van der Waals surface area contributed by atoms with E-state index in [9.17, 15) is 0 Å². The first kappa shape index (κ1) is 35.2. The van der Waals surface area contributed by atoms with E-state index < -0.39 is 5.41 Å². The Morgan fingerprint density at radius 1 is 0.365 bits per heavy atom. The molecule has 0 bridgehead atoms. The molecule has 11 aromatic rings. The largest absolute Gasteiger partial charge is 0.457 e. The van der Waals surface area contributed by atoms with Gasteiger partial charge in [-0.2, -0.15) is 4.98 Å². The predicted molar refractivity (Wildman–Crippen MR) is 247 cm³/mol. The number of furan rings is 1. The summed E-state index contributed by atoms with van der Waals surface area (Å²) < 4.78 is 13.4. The molecule has 3 aromatic heterocycles. The van der Waals surface area contributed by atoms with E-state index in [-0.39, 0.29) is 0 Å². The number of rotatable bonds is 5. The maximum Gasteiger partial charge on any atom is 0.231 e. The van der Waals surface area contributed by atoms with E-state index in [4.69, 9.17) is 34.1 Å². The predicted octanol–water partition coefficient (Wildman–Crippen LogP) is 13.4. The van der Waals surface area contributed by atoms with Crippen molar-refractivity contribution < 1.29 is 9.15 Å². The molecule has 0 atom stereocenters. The zero-order valence-electron chi connectivity index (χ0n) is 33.6. The molecular formula is C56H33N5O2. The lowest BCUT2D eigenvalue weighted by Gasteiger charge is -2.40. The van der Waals surface area contributed by atoms with Crippen molar-refractivity contribution >= 4 is 22.1 Å². The standard InChI is InChI=1S/C56H33N5O2/c1-4-18-34(19-5-1)51-57-50(48-37-24-10-13-31-44(37)63-55(48)61-51)40-27-16-25-38-47-39(54-59-52(35-20-6-2-7-21-35)58-53(60-54)36-22-8-3-9-23-36)26-17-30-43(47)56(49(38)40)41-28-11-14-32-45(41)62-46-33-15-12-29-42(46)56/h1-33H. The van der Waals surface area contributed by atoms with Gasteiger partial charge in [0.1, 0.15) is 17.1 Å². The van der Waals surface area contributed by atoms with Gasteiger partial charge in [-0.05, 0) is 40.5 Å². The van der Waals surface area contributed by atoms with Crippen LogP contribution >= 0.6 is 0 Å². The molecule has 0 saturated carbocycles. The Kier molecular flexibility index (Phi) is 7.68. The van der Waals surface area contributed by atoms with E-state index in [0.29, 0.717) is 29.0 Å². The van der Waals surface area contributed by atoms with Gasteiger partial charge >= 0.3 is 0 Å². The summed E-state index contributed by atoms with van der Waals surface area (Å²) in [5, 5.41) is 1.81. The average Bonchev–Trinajstić information content (AvgIpc) is 3.89. The molecule has 0 unspecified atom stereocenters. The lowest BCUT2D eigenvalue weighted by Crippen LogP contribution is -2.32. The summed E-state index contributed by atoms with van der Waals surface area (Å²) in [5.41, 5.74) is 12.1. The smallest absolute Gasteiger partial charge is 0.231 e. The van der Waals surface area contributed by atoms with Crippen molar-refractivity contribution in [1.82, 2.24) is 24.9 Å². The van der Waals surface area contributed by atoms with Crippen LogP contribution in [0.25, 0.3) is 90.0 Å². The van der Waals surface area contributed by atoms with Crippen LogP contribution in [0.5, 0.6) is 11.5 Å². The van der Waals surface area contributed by atoms with E-state index in [0.717, 1.165) is 94.7 Å². The van der Waals surface area contributed by atoms with E-state index in [1.165, 1.54) is 0 Å². The van der Waals surface area contributed by atoms with Crippen molar-refractivity contribution in [2.45, 2.75) is 5.41 Å². The summed E-state index contributed by atoms with van der Waals surface area (Å²) in [6, 6.07) is 68.4. The molecule has 1 aliphatic heterocycles. The number of hydrogen-bond donors (Lipinski definition) is 0. The van der Waals surface area contributed by atoms with Gasteiger partial charge in [-0.3, -0.25) is 0 Å². The third kappa shape index (κ3) is 5.23. The molecule has 1 spiro atoms. The number of aromatic nitrogens is 5. The molecule has 7 heteroatoms. The molecule has 294 valence electrons. The highest BCUT2D eigenvalue weighted by atomic mass is 16.5. The Hall–Kier alpha value is -8.55. The summed E-state index contributed by atoms with van der Waals surface area (Å²) in [6.07, 6.45) is 0. The van der Waals surface area contributed by atoms with Crippen LogP contribution in [-0.2, 0) is 5.41 Å².